The molecule has 17 heavy (non-hydrogen) atoms. The Morgan fingerprint density at radius 2 is 2.29 bits per heavy atom. The molecule has 0 aliphatic carbocycles. The summed E-state index contributed by atoms with van der Waals surface area (Å²) in [4.78, 5) is 0. The molecule has 0 spiro atoms. The van der Waals surface area contributed by atoms with Crippen LogP contribution in [0.25, 0.3) is 0 Å². The molecule has 0 aromatic heterocycles. The fraction of sp³-hybridized carbons (Fsp3) is 0.571. The highest BCUT2D eigenvalue weighted by atomic mass is 16.5. The molecule has 2 unspecified atom stereocenters. The van der Waals surface area contributed by atoms with Gasteiger partial charge < -0.3 is 14.8 Å². The first kappa shape index (κ1) is 11.1. The number of fused-ring (bicyclic) bond motifs is 1. The van der Waals surface area contributed by atoms with E-state index in [9.17, 15) is 0 Å². The van der Waals surface area contributed by atoms with Gasteiger partial charge in [-0.3, -0.25) is 0 Å². The third-order valence-electron chi connectivity index (χ3n) is 3.69. The zero-order chi connectivity index (χ0) is 11.7. The van der Waals surface area contributed by atoms with E-state index in [0.29, 0.717) is 0 Å². The van der Waals surface area contributed by atoms with E-state index in [1.165, 1.54) is 5.56 Å². The van der Waals surface area contributed by atoms with Crippen molar-refractivity contribution in [3.63, 3.8) is 0 Å². The maximum atomic E-state index is 5.91. The lowest BCUT2D eigenvalue weighted by Crippen LogP contribution is -2.47. The van der Waals surface area contributed by atoms with E-state index in [-0.39, 0.29) is 11.6 Å². The standard InChI is InChI=1S/C14H19NO2/c1-14(6-7-16-10-14)15-9-12-8-11-4-2-3-5-13(11)17-12/h2-5,12,15H,6-10H2,1H3. The third-order valence-corrected chi connectivity index (χ3v) is 3.69. The minimum atomic E-state index is 0.137. The number of ether oxygens (including phenoxy) is 2. The average Bonchev–Trinajstić information content (AvgIpc) is 2.93. The molecule has 3 rings (SSSR count). The van der Waals surface area contributed by atoms with Gasteiger partial charge in [-0.1, -0.05) is 18.2 Å². The molecule has 0 saturated carbocycles. The highest BCUT2D eigenvalue weighted by Gasteiger charge is 2.31. The van der Waals surface area contributed by atoms with E-state index < -0.39 is 0 Å². The quantitative estimate of drug-likeness (QED) is 0.863. The molecule has 3 heteroatoms. The van der Waals surface area contributed by atoms with Crippen molar-refractivity contribution in [1.29, 1.82) is 0 Å². The van der Waals surface area contributed by atoms with Crippen molar-refractivity contribution >= 4 is 0 Å². The van der Waals surface area contributed by atoms with Gasteiger partial charge in [-0.15, -0.1) is 0 Å². The fourth-order valence-electron chi connectivity index (χ4n) is 2.53. The van der Waals surface area contributed by atoms with Crippen LogP contribution in [0.4, 0.5) is 0 Å². The van der Waals surface area contributed by atoms with Crippen LogP contribution in [0.2, 0.25) is 0 Å². The second-order valence-electron chi connectivity index (χ2n) is 5.30. The van der Waals surface area contributed by atoms with Gasteiger partial charge in [0.05, 0.1) is 6.61 Å². The molecule has 1 saturated heterocycles. The molecular weight excluding hydrogens is 214 g/mol. The maximum Gasteiger partial charge on any atom is 0.123 e. The summed E-state index contributed by atoms with van der Waals surface area (Å²) in [5, 5.41) is 3.58. The van der Waals surface area contributed by atoms with Crippen molar-refractivity contribution in [2.45, 2.75) is 31.4 Å². The zero-order valence-corrected chi connectivity index (χ0v) is 10.2. The smallest absolute Gasteiger partial charge is 0.123 e. The number of nitrogens with one attached hydrogen (secondary N) is 1. The van der Waals surface area contributed by atoms with Gasteiger partial charge in [0, 0.05) is 25.1 Å². The summed E-state index contributed by atoms with van der Waals surface area (Å²) < 4.78 is 11.3. The summed E-state index contributed by atoms with van der Waals surface area (Å²) in [5.41, 5.74) is 1.46. The highest BCUT2D eigenvalue weighted by molar-refractivity contribution is 5.37. The van der Waals surface area contributed by atoms with Gasteiger partial charge in [-0.25, -0.2) is 0 Å². The van der Waals surface area contributed by atoms with Crippen LogP contribution in [0.5, 0.6) is 5.75 Å². The molecule has 0 radical (unpaired) electrons. The van der Waals surface area contributed by atoms with Gasteiger partial charge >= 0.3 is 0 Å². The van der Waals surface area contributed by atoms with Crippen molar-refractivity contribution in [2.75, 3.05) is 19.8 Å². The predicted molar refractivity (Wildman–Crippen MR) is 66.4 cm³/mol. The molecule has 2 heterocycles. The second kappa shape index (κ2) is 4.31. The Morgan fingerprint density at radius 1 is 1.41 bits per heavy atom. The average molecular weight is 233 g/mol. The molecule has 3 nitrogen and oxygen atoms in total. The Bertz CT molecular complexity index is 374. The Balaban J connectivity index is 1.55. The van der Waals surface area contributed by atoms with Crippen molar-refractivity contribution in [1.82, 2.24) is 5.32 Å². The van der Waals surface area contributed by atoms with Crippen LogP contribution in [0.15, 0.2) is 24.3 Å². The second-order valence-corrected chi connectivity index (χ2v) is 5.30. The first-order chi connectivity index (χ1) is 8.25. The van der Waals surface area contributed by atoms with Gasteiger partial charge in [0.15, 0.2) is 0 Å². The zero-order valence-electron chi connectivity index (χ0n) is 10.2. The van der Waals surface area contributed by atoms with Gasteiger partial charge in [0.1, 0.15) is 11.9 Å². The molecule has 1 fully saturated rings. The normalized spacial score (nSPS) is 31.2. The number of rotatable bonds is 3. The number of benzene rings is 1. The van der Waals surface area contributed by atoms with Crippen molar-refractivity contribution in [3.8, 4) is 5.75 Å². The summed E-state index contributed by atoms with van der Waals surface area (Å²) in [7, 11) is 0. The van der Waals surface area contributed by atoms with Crippen LogP contribution in [-0.2, 0) is 11.2 Å². The molecule has 0 amide bonds. The van der Waals surface area contributed by atoms with Crippen molar-refractivity contribution in [2.24, 2.45) is 0 Å². The molecule has 2 aliphatic rings. The topological polar surface area (TPSA) is 30.5 Å². The molecule has 2 aliphatic heterocycles. The minimum absolute atomic E-state index is 0.137. The van der Waals surface area contributed by atoms with Gasteiger partial charge in [0.2, 0.25) is 0 Å². The number of hydrogen-bond donors (Lipinski definition) is 1. The Morgan fingerprint density at radius 3 is 3.06 bits per heavy atom. The Labute approximate surface area is 102 Å². The van der Waals surface area contributed by atoms with E-state index in [0.717, 1.165) is 38.3 Å². The SMILES string of the molecule is CC1(NCC2Cc3ccccc3O2)CCOC1. The van der Waals surface area contributed by atoms with Crippen LogP contribution < -0.4 is 10.1 Å². The van der Waals surface area contributed by atoms with Gasteiger partial charge in [0.25, 0.3) is 0 Å². The maximum absolute atomic E-state index is 5.91. The van der Waals surface area contributed by atoms with Crippen LogP contribution in [0.3, 0.4) is 0 Å². The number of hydrogen-bond acceptors (Lipinski definition) is 3. The monoisotopic (exact) mass is 233 g/mol. The molecule has 1 N–H and O–H groups in total. The molecule has 1 aromatic rings. The fourth-order valence-corrected chi connectivity index (χ4v) is 2.53. The Hall–Kier alpha value is -1.06. The van der Waals surface area contributed by atoms with Crippen LogP contribution in [-0.4, -0.2) is 31.4 Å². The van der Waals surface area contributed by atoms with Crippen LogP contribution in [0.1, 0.15) is 18.9 Å². The van der Waals surface area contributed by atoms with E-state index in [1.807, 2.05) is 6.07 Å². The summed E-state index contributed by atoms with van der Waals surface area (Å²) >= 11 is 0. The summed E-state index contributed by atoms with van der Waals surface area (Å²) in [6.45, 7) is 4.80. The van der Waals surface area contributed by atoms with Gasteiger partial charge in [-0.05, 0) is 25.0 Å². The molecule has 92 valence electrons. The largest absolute Gasteiger partial charge is 0.488 e. The third kappa shape index (κ3) is 2.31. The van der Waals surface area contributed by atoms with Gasteiger partial charge in [-0.2, -0.15) is 0 Å². The Kier molecular flexibility index (Phi) is 2.81. The van der Waals surface area contributed by atoms with Crippen molar-refractivity contribution in [3.05, 3.63) is 29.8 Å². The molecule has 0 bridgehead atoms. The summed E-state index contributed by atoms with van der Waals surface area (Å²) in [5.74, 6) is 1.05. The lowest BCUT2D eigenvalue weighted by Gasteiger charge is -2.25. The summed E-state index contributed by atoms with van der Waals surface area (Å²) in [6, 6.07) is 8.30. The molecule has 1 aromatic carbocycles. The lowest BCUT2D eigenvalue weighted by molar-refractivity contribution is 0.160. The molecule has 2 atom stereocenters. The van der Waals surface area contributed by atoms with Crippen LogP contribution in [0, 0.1) is 0 Å². The first-order valence-electron chi connectivity index (χ1n) is 6.33. The highest BCUT2D eigenvalue weighted by Crippen LogP contribution is 2.28. The van der Waals surface area contributed by atoms with Crippen LogP contribution >= 0.6 is 0 Å². The van der Waals surface area contributed by atoms with E-state index in [1.54, 1.807) is 0 Å². The minimum Gasteiger partial charge on any atom is -0.488 e. The predicted octanol–water partition coefficient (Wildman–Crippen LogP) is 1.76. The lowest BCUT2D eigenvalue weighted by atomic mass is 10.0. The van der Waals surface area contributed by atoms with E-state index >= 15 is 0 Å². The van der Waals surface area contributed by atoms with E-state index in [4.69, 9.17) is 9.47 Å². The molecular formula is C14H19NO2. The van der Waals surface area contributed by atoms with Crippen molar-refractivity contribution < 1.29 is 9.47 Å². The first-order valence-corrected chi connectivity index (χ1v) is 6.33. The summed E-state index contributed by atoms with van der Waals surface area (Å²) in [6.07, 6.45) is 2.37. The van der Waals surface area contributed by atoms with E-state index in [2.05, 4.69) is 30.4 Å². The number of para-hydroxylation sites is 1.